The molecular formula is C32H30N2O2. The standard InChI is InChI=1S/C32H30N2O2/c35-30(33-23-29(25-13-5-1-6-14-25)26-15-7-2-8-16-26)24-34-22-21-32(31(34)36,27-17-9-3-10-18-27)28-19-11-4-12-20-28/h1-20,29H,21-24H2,(H,33,35). The third kappa shape index (κ3) is 4.67. The summed E-state index contributed by atoms with van der Waals surface area (Å²) in [6, 6.07) is 40.2. The van der Waals surface area contributed by atoms with Crippen molar-refractivity contribution >= 4 is 11.8 Å². The molecule has 1 aliphatic rings. The van der Waals surface area contributed by atoms with Crippen LogP contribution in [0, 0.1) is 0 Å². The molecule has 1 fully saturated rings. The fraction of sp³-hybridized carbons (Fsp3) is 0.188. The fourth-order valence-corrected chi connectivity index (χ4v) is 5.32. The summed E-state index contributed by atoms with van der Waals surface area (Å²) in [4.78, 5) is 28.7. The van der Waals surface area contributed by atoms with Crippen molar-refractivity contribution in [2.24, 2.45) is 0 Å². The van der Waals surface area contributed by atoms with E-state index in [2.05, 4.69) is 29.6 Å². The van der Waals surface area contributed by atoms with Crippen LogP contribution in [-0.4, -0.2) is 36.3 Å². The highest BCUT2D eigenvalue weighted by atomic mass is 16.2. The Labute approximate surface area is 212 Å². The highest BCUT2D eigenvalue weighted by molar-refractivity contribution is 5.96. The molecule has 180 valence electrons. The molecule has 0 spiro atoms. The van der Waals surface area contributed by atoms with Gasteiger partial charge in [-0.3, -0.25) is 9.59 Å². The Hall–Kier alpha value is -4.18. The van der Waals surface area contributed by atoms with Gasteiger partial charge in [0.05, 0.1) is 6.54 Å². The lowest BCUT2D eigenvalue weighted by atomic mass is 9.73. The predicted molar refractivity (Wildman–Crippen MR) is 143 cm³/mol. The summed E-state index contributed by atoms with van der Waals surface area (Å²) in [6.45, 7) is 1.06. The number of nitrogens with one attached hydrogen (secondary N) is 1. The maximum Gasteiger partial charge on any atom is 0.239 e. The number of hydrogen-bond donors (Lipinski definition) is 1. The second-order valence-corrected chi connectivity index (χ2v) is 9.29. The van der Waals surface area contributed by atoms with Crippen molar-refractivity contribution in [3.05, 3.63) is 144 Å². The largest absolute Gasteiger partial charge is 0.354 e. The highest BCUT2D eigenvalue weighted by Gasteiger charge is 2.49. The molecule has 0 radical (unpaired) electrons. The molecule has 0 atom stereocenters. The Morgan fingerprint density at radius 3 is 1.64 bits per heavy atom. The molecule has 4 aromatic carbocycles. The topological polar surface area (TPSA) is 49.4 Å². The van der Waals surface area contributed by atoms with Crippen LogP contribution in [0.4, 0.5) is 0 Å². The van der Waals surface area contributed by atoms with Crippen molar-refractivity contribution in [1.29, 1.82) is 0 Å². The van der Waals surface area contributed by atoms with Gasteiger partial charge in [-0.15, -0.1) is 0 Å². The lowest BCUT2D eigenvalue weighted by Gasteiger charge is -2.29. The first-order valence-electron chi connectivity index (χ1n) is 12.5. The van der Waals surface area contributed by atoms with E-state index in [0.717, 1.165) is 22.3 Å². The molecule has 1 saturated heterocycles. The van der Waals surface area contributed by atoms with Crippen LogP contribution in [0.2, 0.25) is 0 Å². The van der Waals surface area contributed by atoms with E-state index in [0.29, 0.717) is 19.5 Å². The first-order valence-corrected chi connectivity index (χ1v) is 12.5. The van der Waals surface area contributed by atoms with Gasteiger partial charge in [-0.05, 0) is 28.7 Å². The fourth-order valence-electron chi connectivity index (χ4n) is 5.32. The van der Waals surface area contributed by atoms with Gasteiger partial charge in [-0.1, -0.05) is 121 Å². The summed E-state index contributed by atoms with van der Waals surface area (Å²) in [6.07, 6.45) is 0.643. The second kappa shape index (κ2) is 10.6. The van der Waals surface area contributed by atoms with Crippen LogP contribution in [0.1, 0.15) is 34.6 Å². The number of benzene rings is 4. The van der Waals surface area contributed by atoms with E-state index >= 15 is 0 Å². The van der Waals surface area contributed by atoms with Crippen LogP contribution in [0.25, 0.3) is 0 Å². The molecule has 0 aliphatic carbocycles. The Morgan fingerprint density at radius 1 is 0.722 bits per heavy atom. The summed E-state index contributed by atoms with van der Waals surface area (Å²) in [5.41, 5.74) is 3.47. The zero-order valence-electron chi connectivity index (χ0n) is 20.2. The molecule has 0 aromatic heterocycles. The van der Waals surface area contributed by atoms with E-state index in [1.165, 1.54) is 0 Å². The van der Waals surface area contributed by atoms with Crippen molar-refractivity contribution in [3.8, 4) is 0 Å². The molecule has 4 heteroatoms. The first kappa shape index (κ1) is 23.6. The van der Waals surface area contributed by atoms with Gasteiger partial charge in [-0.2, -0.15) is 0 Å². The Morgan fingerprint density at radius 2 is 1.17 bits per heavy atom. The van der Waals surface area contributed by atoms with Gasteiger partial charge in [0.25, 0.3) is 0 Å². The minimum Gasteiger partial charge on any atom is -0.354 e. The molecule has 0 unspecified atom stereocenters. The van der Waals surface area contributed by atoms with E-state index in [-0.39, 0.29) is 24.3 Å². The van der Waals surface area contributed by atoms with Crippen molar-refractivity contribution in [2.75, 3.05) is 19.6 Å². The van der Waals surface area contributed by atoms with Crippen LogP contribution in [0.3, 0.4) is 0 Å². The third-order valence-corrected chi connectivity index (χ3v) is 7.18. The molecule has 4 aromatic rings. The number of carbonyl (C=O) groups excluding carboxylic acids is 2. The minimum absolute atomic E-state index is 0.0160. The molecule has 0 saturated carbocycles. The van der Waals surface area contributed by atoms with Crippen molar-refractivity contribution in [1.82, 2.24) is 10.2 Å². The van der Waals surface area contributed by atoms with Gasteiger partial charge < -0.3 is 10.2 Å². The average molecular weight is 475 g/mol. The smallest absolute Gasteiger partial charge is 0.239 e. The van der Waals surface area contributed by atoms with E-state index in [1.807, 2.05) is 97.1 Å². The second-order valence-electron chi connectivity index (χ2n) is 9.29. The van der Waals surface area contributed by atoms with Gasteiger partial charge in [0.15, 0.2) is 0 Å². The summed E-state index contributed by atoms with van der Waals surface area (Å²) < 4.78 is 0. The summed E-state index contributed by atoms with van der Waals surface area (Å²) in [7, 11) is 0. The number of likely N-dealkylation sites (tertiary alicyclic amines) is 1. The van der Waals surface area contributed by atoms with Gasteiger partial charge >= 0.3 is 0 Å². The molecule has 1 heterocycles. The number of amides is 2. The van der Waals surface area contributed by atoms with Crippen molar-refractivity contribution < 1.29 is 9.59 Å². The molecule has 2 amide bonds. The molecule has 1 N–H and O–H groups in total. The summed E-state index contributed by atoms with van der Waals surface area (Å²) in [5, 5.41) is 3.10. The SMILES string of the molecule is O=C(CN1CCC(c2ccccc2)(c2ccccc2)C1=O)NCC(c1ccccc1)c1ccccc1. The normalized spacial score (nSPS) is 14.7. The lowest BCUT2D eigenvalue weighted by Crippen LogP contribution is -2.44. The maximum atomic E-state index is 13.9. The van der Waals surface area contributed by atoms with Crippen molar-refractivity contribution in [2.45, 2.75) is 17.8 Å². The number of nitrogens with zero attached hydrogens (tertiary/aromatic N) is 1. The number of rotatable bonds is 8. The van der Waals surface area contributed by atoms with Crippen molar-refractivity contribution in [3.63, 3.8) is 0 Å². The van der Waals surface area contributed by atoms with Crippen LogP contribution in [-0.2, 0) is 15.0 Å². The molecule has 1 aliphatic heterocycles. The number of carbonyl (C=O) groups is 2. The average Bonchev–Trinajstić information content (AvgIpc) is 3.27. The predicted octanol–water partition coefficient (Wildman–Crippen LogP) is 5.15. The highest BCUT2D eigenvalue weighted by Crippen LogP contribution is 2.41. The van der Waals surface area contributed by atoms with E-state index in [4.69, 9.17) is 0 Å². The van der Waals surface area contributed by atoms with E-state index < -0.39 is 5.41 Å². The first-order chi connectivity index (χ1) is 17.7. The summed E-state index contributed by atoms with van der Waals surface area (Å²) >= 11 is 0. The van der Waals surface area contributed by atoms with Gasteiger partial charge in [0.2, 0.25) is 11.8 Å². The molecule has 36 heavy (non-hydrogen) atoms. The maximum absolute atomic E-state index is 13.9. The molecule has 5 rings (SSSR count). The minimum atomic E-state index is -0.764. The van der Waals surface area contributed by atoms with Crippen LogP contribution >= 0.6 is 0 Å². The van der Waals surface area contributed by atoms with Crippen LogP contribution in [0.15, 0.2) is 121 Å². The lowest BCUT2D eigenvalue weighted by molar-refractivity contribution is -0.135. The third-order valence-electron chi connectivity index (χ3n) is 7.18. The van der Waals surface area contributed by atoms with E-state index in [1.54, 1.807) is 4.90 Å². The van der Waals surface area contributed by atoms with Gasteiger partial charge in [0.1, 0.15) is 5.41 Å². The monoisotopic (exact) mass is 474 g/mol. The summed E-state index contributed by atoms with van der Waals surface area (Å²) in [5.74, 6) is -0.117. The molecule has 4 nitrogen and oxygen atoms in total. The van der Waals surface area contributed by atoms with E-state index in [9.17, 15) is 9.59 Å². The zero-order valence-corrected chi connectivity index (χ0v) is 20.2. The van der Waals surface area contributed by atoms with Gasteiger partial charge in [0, 0.05) is 19.0 Å². The van der Waals surface area contributed by atoms with Gasteiger partial charge in [-0.25, -0.2) is 0 Å². The molecular weight excluding hydrogens is 444 g/mol. The Bertz CT molecular complexity index is 1210. The Kier molecular flexibility index (Phi) is 6.94. The zero-order chi connectivity index (χ0) is 24.8. The molecule has 0 bridgehead atoms. The van der Waals surface area contributed by atoms with Crippen LogP contribution in [0.5, 0.6) is 0 Å². The Balaban J connectivity index is 1.32. The quantitative estimate of drug-likeness (QED) is 0.384. The number of hydrogen-bond acceptors (Lipinski definition) is 2. The van der Waals surface area contributed by atoms with Crippen LogP contribution < -0.4 is 5.32 Å².